The maximum atomic E-state index is 5.25. The van der Waals surface area contributed by atoms with Crippen molar-refractivity contribution in [3.8, 4) is 0 Å². The van der Waals surface area contributed by atoms with Crippen LogP contribution in [0.5, 0.6) is 0 Å². The van der Waals surface area contributed by atoms with Gasteiger partial charge in [0.1, 0.15) is 0 Å². The standard InChI is InChI=1S/C17H33NO/c1-15(2)10-14(11-16(3,4)12-15)18-13-17(6-7-17)8-9-19-5/h14,18H,6-13H2,1-5H3. The maximum absolute atomic E-state index is 5.25. The Labute approximate surface area is 119 Å². The molecule has 2 saturated carbocycles. The van der Waals surface area contributed by atoms with E-state index < -0.39 is 0 Å². The van der Waals surface area contributed by atoms with Crippen LogP contribution in [0, 0.1) is 16.2 Å². The summed E-state index contributed by atoms with van der Waals surface area (Å²) in [5, 5.41) is 3.89. The van der Waals surface area contributed by atoms with Gasteiger partial charge in [-0.15, -0.1) is 0 Å². The van der Waals surface area contributed by atoms with E-state index in [2.05, 4.69) is 33.0 Å². The van der Waals surface area contributed by atoms with Gasteiger partial charge in [-0.05, 0) is 54.8 Å². The number of ether oxygens (including phenoxy) is 1. The van der Waals surface area contributed by atoms with Gasteiger partial charge in [-0.2, -0.15) is 0 Å². The molecule has 0 unspecified atom stereocenters. The largest absolute Gasteiger partial charge is 0.385 e. The SMILES string of the molecule is COCCC1(CNC2CC(C)(C)CC(C)(C)C2)CC1. The number of hydrogen-bond donors (Lipinski definition) is 1. The molecule has 1 N–H and O–H groups in total. The molecule has 0 saturated heterocycles. The van der Waals surface area contributed by atoms with Gasteiger partial charge in [0.2, 0.25) is 0 Å². The lowest BCUT2D eigenvalue weighted by Crippen LogP contribution is -2.45. The van der Waals surface area contributed by atoms with Crippen molar-refractivity contribution in [2.75, 3.05) is 20.3 Å². The van der Waals surface area contributed by atoms with Crippen LogP contribution in [0.3, 0.4) is 0 Å². The quantitative estimate of drug-likeness (QED) is 0.785. The van der Waals surface area contributed by atoms with Crippen molar-refractivity contribution in [1.82, 2.24) is 5.32 Å². The topological polar surface area (TPSA) is 21.3 Å². The maximum Gasteiger partial charge on any atom is 0.0468 e. The van der Waals surface area contributed by atoms with E-state index >= 15 is 0 Å². The first-order chi connectivity index (χ1) is 8.76. The molecule has 2 aliphatic carbocycles. The summed E-state index contributed by atoms with van der Waals surface area (Å²) < 4.78 is 5.25. The lowest BCUT2D eigenvalue weighted by molar-refractivity contribution is 0.0811. The molecule has 0 aromatic heterocycles. The molecule has 2 fully saturated rings. The van der Waals surface area contributed by atoms with E-state index in [4.69, 9.17) is 4.74 Å². The second-order valence-corrected chi connectivity index (χ2v) is 8.73. The molecule has 0 aromatic rings. The Balaban J connectivity index is 1.82. The van der Waals surface area contributed by atoms with Crippen LogP contribution in [-0.2, 0) is 4.74 Å². The number of nitrogens with one attached hydrogen (secondary N) is 1. The first-order valence-electron chi connectivity index (χ1n) is 7.98. The third-order valence-electron chi connectivity index (χ3n) is 5.11. The van der Waals surface area contributed by atoms with Crippen LogP contribution in [0.25, 0.3) is 0 Å². The molecule has 2 aliphatic rings. The van der Waals surface area contributed by atoms with Crippen molar-refractivity contribution in [2.45, 2.75) is 72.3 Å². The summed E-state index contributed by atoms with van der Waals surface area (Å²) in [7, 11) is 1.82. The molecule has 0 atom stereocenters. The summed E-state index contributed by atoms with van der Waals surface area (Å²) in [6.45, 7) is 11.8. The van der Waals surface area contributed by atoms with E-state index in [-0.39, 0.29) is 0 Å². The highest BCUT2D eigenvalue weighted by Crippen LogP contribution is 2.49. The average molecular weight is 267 g/mol. The van der Waals surface area contributed by atoms with Crippen LogP contribution >= 0.6 is 0 Å². The van der Waals surface area contributed by atoms with Gasteiger partial charge in [0.25, 0.3) is 0 Å². The van der Waals surface area contributed by atoms with Crippen LogP contribution < -0.4 is 5.32 Å². The highest BCUT2D eigenvalue weighted by Gasteiger charge is 2.43. The van der Waals surface area contributed by atoms with E-state index in [0.717, 1.165) is 6.61 Å². The van der Waals surface area contributed by atoms with E-state index in [1.165, 1.54) is 45.1 Å². The summed E-state index contributed by atoms with van der Waals surface area (Å²) in [6.07, 6.45) is 8.03. The van der Waals surface area contributed by atoms with Crippen molar-refractivity contribution in [3.05, 3.63) is 0 Å². The molecular formula is C17H33NO. The van der Waals surface area contributed by atoms with E-state index in [1.54, 1.807) is 0 Å². The van der Waals surface area contributed by atoms with Crippen molar-refractivity contribution >= 4 is 0 Å². The number of methoxy groups -OCH3 is 1. The zero-order valence-corrected chi connectivity index (χ0v) is 13.6. The Morgan fingerprint density at radius 2 is 1.63 bits per heavy atom. The first kappa shape index (κ1) is 15.3. The van der Waals surface area contributed by atoms with E-state index in [0.29, 0.717) is 22.3 Å². The van der Waals surface area contributed by atoms with Gasteiger partial charge in [-0.3, -0.25) is 0 Å². The number of hydrogen-bond acceptors (Lipinski definition) is 2. The zero-order chi connectivity index (χ0) is 14.1. The Kier molecular flexibility index (Phi) is 4.32. The highest BCUT2D eigenvalue weighted by molar-refractivity contribution is 4.98. The first-order valence-corrected chi connectivity index (χ1v) is 7.98. The second-order valence-electron chi connectivity index (χ2n) is 8.73. The molecule has 19 heavy (non-hydrogen) atoms. The zero-order valence-electron chi connectivity index (χ0n) is 13.6. The number of rotatable bonds is 6. The summed E-state index contributed by atoms with van der Waals surface area (Å²) in [6, 6.07) is 0.707. The van der Waals surface area contributed by atoms with Gasteiger partial charge in [0, 0.05) is 26.3 Å². The van der Waals surface area contributed by atoms with Crippen LogP contribution in [0.1, 0.15) is 66.2 Å². The van der Waals surface area contributed by atoms with Crippen molar-refractivity contribution in [3.63, 3.8) is 0 Å². The van der Waals surface area contributed by atoms with Crippen LogP contribution in [0.15, 0.2) is 0 Å². The summed E-state index contributed by atoms with van der Waals surface area (Å²) in [4.78, 5) is 0. The van der Waals surface area contributed by atoms with Crippen LogP contribution in [-0.4, -0.2) is 26.3 Å². The Bertz CT molecular complexity index is 288. The van der Waals surface area contributed by atoms with Crippen LogP contribution in [0.4, 0.5) is 0 Å². The summed E-state index contributed by atoms with van der Waals surface area (Å²) in [5.74, 6) is 0. The van der Waals surface area contributed by atoms with Gasteiger partial charge in [0.05, 0.1) is 0 Å². The minimum Gasteiger partial charge on any atom is -0.385 e. The fraction of sp³-hybridized carbons (Fsp3) is 1.00. The fourth-order valence-electron chi connectivity index (χ4n) is 4.36. The third-order valence-corrected chi connectivity index (χ3v) is 5.11. The lowest BCUT2D eigenvalue weighted by Gasteiger charge is -2.45. The summed E-state index contributed by atoms with van der Waals surface area (Å²) >= 11 is 0. The smallest absolute Gasteiger partial charge is 0.0468 e. The van der Waals surface area contributed by atoms with E-state index in [9.17, 15) is 0 Å². The lowest BCUT2D eigenvalue weighted by atomic mass is 9.63. The highest BCUT2D eigenvalue weighted by atomic mass is 16.5. The van der Waals surface area contributed by atoms with Crippen molar-refractivity contribution in [2.24, 2.45) is 16.2 Å². The molecule has 2 rings (SSSR count). The molecule has 0 bridgehead atoms. The molecule has 0 spiro atoms. The van der Waals surface area contributed by atoms with Gasteiger partial charge in [-0.1, -0.05) is 27.7 Å². The Morgan fingerprint density at radius 1 is 1.05 bits per heavy atom. The van der Waals surface area contributed by atoms with Gasteiger partial charge in [0.15, 0.2) is 0 Å². The fourth-order valence-corrected chi connectivity index (χ4v) is 4.36. The third kappa shape index (κ3) is 4.46. The molecular weight excluding hydrogens is 234 g/mol. The minimum atomic E-state index is 0.489. The second kappa shape index (κ2) is 5.37. The van der Waals surface area contributed by atoms with Crippen molar-refractivity contribution < 1.29 is 4.74 Å². The molecule has 0 aliphatic heterocycles. The van der Waals surface area contributed by atoms with Gasteiger partial charge < -0.3 is 10.1 Å². The van der Waals surface area contributed by atoms with Crippen LogP contribution in [0.2, 0.25) is 0 Å². The molecule has 2 nitrogen and oxygen atoms in total. The summed E-state index contributed by atoms with van der Waals surface area (Å²) in [5.41, 5.74) is 1.55. The molecule has 0 aromatic carbocycles. The molecule has 0 radical (unpaired) electrons. The molecule has 112 valence electrons. The molecule has 2 heteroatoms. The van der Waals surface area contributed by atoms with E-state index in [1.807, 2.05) is 7.11 Å². The predicted molar refractivity (Wildman–Crippen MR) is 81.4 cm³/mol. The normalized spacial score (nSPS) is 28.3. The molecule has 0 heterocycles. The molecule has 0 amide bonds. The Morgan fingerprint density at radius 3 is 2.11 bits per heavy atom. The monoisotopic (exact) mass is 267 g/mol. The van der Waals surface area contributed by atoms with Gasteiger partial charge >= 0.3 is 0 Å². The Hall–Kier alpha value is -0.0800. The predicted octanol–water partition coefficient (Wildman–Crippen LogP) is 4.00. The minimum absolute atomic E-state index is 0.489. The van der Waals surface area contributed by atoms with Crippen molar-refractivity contribution in [1.29, 1.82) is 0 Å². The average Bonchev–Trinajstić information content (AvgIpc) is 3.00. The van der Waals surface area contributed by atoms with Gasteiger partial charge in [-0.25, -0.2) is 0 Å².